The Bertz CT molecular complexity index is 284. The second-order valence-corrected chi connectivity index (χ2v) is 7.08. The van der Waals surface area contributed by atoms with Crippen LogP contribution in [0.1, 0.15) is 103 Å². The Hall–Kier alpha value is -0.170. The minimum Gasteiger partial charge on any atom is -0.330 e. The Kier molecular flexibility index (Phi) is 21.7. The molecule has 0 saturated carbocycles. The molecule has 23 heavy (non-hydrogen) atoms. The summed E-state index contributed by atoms with van der Waals surface area (Å²) in [6.45, 7) is 3.16. The van der Waals surface area contributed by atoms with Gasteiger partial charge in [0, 0.05) is 0 Å². The molecular formula is C17H39NO4S. The van der Waals surface area contributed by atoms with E-state index >= 15 is 0 Å². The maximum absolute atomic E-state index is 8.74. The summed E-state index contributed by atoms with van der Waals surface area (Å²) in [6.07, 6.45) is 21.4. The van der Waals surface area contributed by atoms with Gasteiger partial charge in [0.2, 0.25) is 0 Å². The predicted octanol–water partition coefficient (Wildman–Crippen LogP) is 5.16. The lowest BCUT2D eigenvalue weighted by Gasteiger charge is -2.03. The SMILES string of the molecule is CCCCCCCCCCCCCCCCCN.O=S(=O)(O)O. The Morgan fingerprint density at radius 3 is 1.04 bits per heavy atom. The minimum absolute atomic E-state index is 0.873. The lowest BCUT2D eigenvalue weighted by Crippen LogP contribution is -1.97. The van der Waals surface area contributed by atoms with Crippen LogP contribution in [0.15, 0.2) is 0 Å². The van der Waals surface area contributed by atoms with Gasteiger partial charge < -0.3 is 5.73 Å². The zero-order valence-electron chi connectivity index (χ0n) is 15.0. The van der Waals surface area contributed by atoms with Gasteiger partial charge in [0.25, 0.3) is 0 Å². The van der Waals surface area contributed by atoms with Crippen LogP contribution in [0.2, 0.25) is 0 Å². The van der Waals surface area contributed by atoms with Gasteiger partial charge >= 0.3 is 10.4 Å². The molecule has 0 atom stereocenters. The van der Waals surface area contributed by atoms with Gasteiger partial charge in [-0.25, -0.2) is 0 Å². The van der Waals surface area contributed by atoms with Gasteiger partial charge in [-0.2, -0.15) is 8.42 Å². The van der Waals surface area contributed by atoms with Crippen LogP contribution in [-0.4, -0.2) is 24.1 Å². The van der Waals surface area contributed by atoms with Crippen molar-refractivity contribution in [3.05, 3.63) is 0 Å². The van der Waals surface area contributed by atoms with E-state index in [1.807, 2.05) is 0 Å². The van der Waals surface area contributed by atoms with Crippen LogP contribution in [0.4, 0.5) is 0 Å². The molecule has 0 radical (unpaired) electrons. The van der Waals surface area contributed by atoms with E-state index in [0.717, 1.165) is 6.54 Å². The van der Waals surface area contributed by atoms with E-state index in [1.54, 1.807) is 0 Å². The van der Waals surface area contributed by atoms with Crippen LogP contribution in [0.25, 0.3) is 0 Å². The zero-order chi connectivity index (χ0) is 17.8. The van der Waals surface area contributed by atoms with E-state index in [2.05, 4.69) is 6.92 Å². The molecule has 0 saturated heterocycles. The van der Waals surface area contributed by atoms with Crippen molar-refractivity contribution in [2.24, 2.45) is 5.73 Å². The summed E-state index contributed by atoms with van der Waals surface area (Å²) in [7, 11) is -4.67. The Morgan fingerprint density at radius 1 is 0.609 bits per heavy atom. The van der Waals surface area contributed by atoms with Crippen molar-refractivity contribution in [2.75, 3.05) is 6.54 Å². The summed E-state index contributed by atoms with van der Waals surface area (Å²) in [4.78, 5) is 0. The summed E-state index contributed by atoms with van der Waals surface area (Å²) >= 11 is 0. The molecule has 0 aromatic carbocycles. The van der Waals surface area contributed by atoms with Crippen LogP contribution in [0.3, 0.4) is 0 Å². The van der Waals surface area contributed by atoms with Crippen molar-refractivity contribution in [2.45, 2.75) is 103 Å². The monoisotopic (exact) mass is 353 g/mol. The molecule has 5 nitrogen and oxygen atoms in total. The van der Waals surface area contributed by atoms with Crippen molar-refractivity contribution >= 4 is 10.4 Å². The van der Waals surface area contributed by atoms with Crippen molar-refractivity contribution in [3.8, 4) is 0 Å². The molecule has 6 heteroatoms. The lowest BCUT2D eigenvalue weighted by molar-refractivity contribution is 0.381. The highest BCUT2D eigenvalue weighted by atomic mass is 32.3. The largest absolute Gasteiger partial charge is 0.394 e. The average molecular weight is 354 g/mol. The summed E-state index contributed by atoms with van der Waals surface area (Å²) in [5.74, 6) is 0. The number of hydrogen-bond donors (Lipinski definition) is 3. The maximum atomic E-state index is 8.74. The first-order chi connectivity index (χ1) is 10.9. The van der Waals surface area contributed by atoms with Crippen LogP contribution in [-0.2, 0) is 10.4 Å². The summed E-state index contributed by atoms with van der Waals surface area (Å²) in [5, 5.41) is 0. The highest BCUT2D eigenvalue weighted by Gasteiger charge is 1.93. The Balaban J connectivity index is 0. The molecule has 0 fully saturated rings. The maximum Gasteiger partial charge on any atom is 0.394 e. The summed E-state index contributed by atoms with van der Waals surface area (Å²) < 4.78 is 31.6. The standard InChI is InChI=1S/C17H37N.H2O4S/c1-2-3-4-5-6-7-8-9-10-11-12-13-14-15-16-17-18;1-5(2,3)4/h2-18H2,1H3;(H2,1,2,3,4). The van der Waals surface area contributed by atoms with E-state index in [-0.39, 0.29) is 0 Å². The van der Waals surface area contributed by atoms with Crippen LogP contribution < -0.4 is 5.73 Å². The summed E-state index contributed by atoms with van der Waals surface area (Å²) in [5.41, 5.74) is 5.48. The average Bonchev–Trinajstić information content (AvgIpc) is 2.46. The topological polar surface area (TPSA) is 101 Å². The highest BCUT2D eigenvalue weighted by molar-refractivity contribution is 7.79. The van der Waals surface area contributed by atoms with E-state index in [9.17, 15) is 0 Å². The van der Waals surface area contributed by atoms with Crippen LogP contribution >= 0.6 is 0 Å². The molecule has 0 aromatic rings. The van der Waals surface area contributed by atoms with Crippen molar-refractivity contribution in [3.63, 3.8) is 0 Å². The molecule has 0 aliphatic carbocycles. The van der Waals surface area contributed by atoms with Gasteiger partial charge in [0.05, 0.1) is 0 Å². The van der Waals surface area contributed by atoms with Crippen molar-refractivity contribution in [1.29, 1.82) is 0 Å². The number of hydrogen-bond acceptors (Lipinski definition) is 3. The molecule has 0 aliphatic heterocycles. The van der Waals surface area contributed by atoms with E-state index in [0.29, 0.717) is 0 Å². The van der Waals surface area contributed by atoms with Crippen LogP contribution in [0, 0.1) is 0 Å². The first kappa shape index (κ1) is 25.1. The quantitative estimate of drug-likeness (QED) is 0.279. The van der Waals surface area contributed by atoms with Gasteiger partial charge in [-0.3, -0.25) is 9.11 Å². The summed E-state index contributed by atoms with van der Waals surface area (Å²) in [6, 6.07) is 0. The molecular weight excluding hydrogens is 314 g/mol. The van der Waals surface area contributed by atoms with Gasteiger partial charge in [-0.1, -0.05) is 96.8 Å². The van der Waals surface area contributed by atoms with Gasteiger partial charge in [-0.05, 0) is 13.0 Å². The number of nitrogens with two attached hydrogens (primary N) is 1. The fourth-order valence-electron chi connectivity index (χ4n) is 2.52. The van der Waals surface area contributed by atoms with Crippen molar-refractivity contribution < 1.29 is 17.5 Å². The van der Waals surface area contributed by atoms with Gasteiger partial charge in [0.1, 0.15) is 0 Å². The zero-order valence-corrected chi connectivity index (χ0v) is 15.8. The van der Waals surface area contributed by atoms with Crippen LogP contribution in [0.5, 0.6) is 0 Å². The molecule has 4 N–H and O–H groups in total. The van der Waals surface area contributed by atoms with Gasteiger partial charge in [0.15, 0.2) is 0 Å². The Morgan fingerprint density at radius 2 is 0.826 bits per heavy atom. The molecule has 0 aliphatic rings. The molecule has 0 heterocycles. The third-order valence-electron chi connectivity index (χ3n) is 3.81. The molecule has 0 rings (SSSR count). The van der Waals surface area contributed by atoms with Gasteiger partial charge in [-0.15, -0.1) is 0 Å². The number of rotatable bonds is 15. The van der Waals surface area contributed by atoms with E-state index in [4.69, 9.17) is 23.3 Å². The van der Waals surface area contributed by atoms with E-state index in [1.165, 1.54) is 96.3 Å². The first-order valence-corrected chi connectivity index (χ1v) is 10.7. The Labute approximate surface area is 144 Å². The molecule has 0 amide bonds. The highest BCUT2D eigenvalue weighted by Crippen LogP contribution is 2.13. The normalized spacial score (nSPS) is 11.1. The molecule has 0 bridgehead atoms. The third kappa shape index (κ3) is 39.0. The fourth-order valence-corrected chi connectivity index (χ4v) is 2.52. The smallest absolute Gasteiger partial charge is 0.330 e. The second-order valence-electron chi connectivity index (χ2n) is 6.19. The first-order valence-electron chi connectivity index (χ1n) is 9.31. The third-order valence-corrected chi connectivity index (χ3v) is 3.81. The fraction of sp³-hybridized carbons (Fsp3) is 1.00. The number of unbranched alkanes of at least 4 members (excludes halogenated alkanes) is 14. The van der Waals surface area contributed by atoms with Crippen molar-refractivity contribution in [1.82, 2.24) is 0 Å². The molecule has 142 valence electrons. The second kappa shape index (κ2) is 19.9. The van der Waals surface area contributed by atoms with E-state index < -0.39 is 10.4 Å². The molecule has 0 unspecified atom stereocenters. The minimum atomic E-state index is -4.67. The molecule has 0 aromatic heterocycles. The lowest BCUT2D eigenvalue weighted by atomic mass is 10.0. The molecule has 0 spiro atoms. The predicted molar refractivity (Wildman–Crippen MR) is 98.2 cm³/mol.